The fourth-order valence-electron chi connectivity index (χ4n) is 4.25. The number of fused-ring (bicyclic) bond motifs is 1. The van der Waals surface area contributed by atoms with Crippen molar-refractivity contribution in [2.45, 2.75) is 6.23 Å². The van der Waals surface area contributed by atoms with Crippen LogP contribution in [0.15, 0.2) is 54.0 Å². The fraction of sp³-hybridized carbons (Fsp3) is 0.250. The molecule has 2 aliphatic heterocycles. The summed E-state index contributed by atoms with van der Waals surface area (Å²) in [4.78, 5) is 26.7. The third kappa shape index (κ3) is 4.28. The van der Waals surface area contributed by atoms with Gasteiger partial charge in [0.05, 0.1) is 30.1 Å². The molecular formula is C24H23ClN8O3. The Bertz CT molecular complexity index is 1470. The predicted octanol–water partition coefficient (Wildman–Crippen LogP) is 2.90. The van der Waals surface area contributed by atoms with Crippen LogP contribution in [-0.2, 0) is 16.5 Å². The predicted molar refractivity (Wildman–Crippen MR) is 134 cm³/mol. The number of carbonyl (C=O) groups is 1. The monoisotopic (exact) mass is 506 g/mol. The number of aryl methyl sites for hydroxylation is 1. The van der Waals surface area contributed by atoms with Crippen LogP contribution in [0.5, 0.6) is 0 Å². The molecule has 3 aromatic heterocycles. The number of amides is 1. The number of ether oxygens (including phenoxy) is 2. The third-order valence-corrected chi connectivity index (χ3v) is 6.44. The largest absolute Gasteiger partial charge is 0.439 e. The molecule has 11 nitrogen and oxygen atoms in total. The summed E-state index contributed by atoms with van der Waals surface area (Å²) >= 11 is 6.46. The number of aliphatic imine (C=N–C) groups is 1. The first-order chi connectivity index (χ1) is 17.5. The van der Waals surface area contributed by atoms with Crippen LogP contribution in [0.1, 0.15) is 22.1 Å². The number of hydrogen-bond acceptors (Lipinski definition) is 7. The summed E-state index contributed by atoms with van der Waals surface area (Å²) in [6, 6.07) is 7.36. The van der Waals surface area contributed by atoms with Crippen molar-refractivity contribution in [3.8, 4) is 11.1 Å². The van der Waals surface area contributed by atoms with Crippen LogP contribution < -0.4 is 10.9 Å². The van der Waals surface area contributed by atoms with Crippen LogP contribution in [0.3, 0.4) is 0 Å². The van der Waals surface area contributed by atoms with E-state index in [4.69, 9.17) is 21.1 Å². The first kappa shape index (κ1) is 22.5. The van der Waals surface area contributed by atoms with Crippen molar-refractivity contribution in [1.82, 2.24) is 35.5 Å². The maximum absolute atomic E-state index is 12.7. The Morgan fingerprint density at radius 1 is 1.19 bits per heavy atom. The molecule has 1 unspecified atom stereocenters. The topological polar surface area (TPSA) is 122 Å². The van der Waals surface area contributed by atoms with Crippen molar-refractivity contribution in [1.29, 1.82) is 0 Å². The third-order valence-electron chi connectivity index (χ3n) is 6.14. The van der Waals surface area contributed by atoms with Crippen LogP contribution in [-0.4, -0.2) is 62.9 Å². The first-order valence-corrected chi connectivity index (χ1v) is 11.8. The van der Waals surface area contributed by atoms with Gasteiger partial charge in [-0.1, -0.05) is 11.6 Å². The molecule has 2 fully saturated rings. The van der Waals surface area contributed by atoms with Gasteiger partial charge in [-0.2, -0.15) is 15.5 Å². The molecule has 36 heavy (non-hydrogen) atoms. The average molecular weight is 507 g/mol. The van der Waals surface area contributed by atoms with E-state index in [0.29, 0.717) is 42.6 Å². The molecule has 2 saturated heterocycles. The highest BCUT2D eigenvalue weighted by atomic mass is 35.5. The van der Waals surface area contributed by atoms with E-state index in [0.717, 1.165) is 27.7 Å². The number of halogens is 1. The molecule has 0 aliphatic carbocycles. The minimum Gasteiger partial charge on any atom is -0.439 e. The number of carbonyl (C=O) groups excluding carboxylic acids is 1. The minimum absolute atomic E-state index is 0.0741. The van der Waals surface area contributed by atoms with E-state index in [9.17, 15) is 4.79 Å². The number of hydrazine groups is 1. The maximum atomic E-state index is 12.7. The van der Waals surface area contributed by atoms with E-state index < -0.39 is 6.23 Å². The van der Waals surface area contributed by atoms with Crippen molar-refractivity contribution in [2.75, 3.05) is 26.3 Å². The van der Waals surface area contributed by atoms with Crippen molar-refractivity contribution >= 4 is 40.3 Å². The van der Waals surface area contributed by atoms with E-state index in [-0.39, 0.29) is 11.9 Å². The number of benzene rings is 1. The number of pyridine rings is 1. The summed E-state index contributed by atoms with van der Waals surface area (Å²) in [5.74, 6) is -0.0741. The fourth-order valence-corrected chi connectivity index (χ4v) is 4.47. The molecule has 1 amide bonds. The molecule has 184 valence electrons. The normalized spacial score (nSPS) is 19.0. The molecule has 3 N–H and O–H groups in total. The minimum atomic E-state index is -0.496. The van der Waals surface area contributed by atoms with E-state index >= 15 is 0 Å². The standard InChI is InChI=1S/C24H23ClN8O3/c1-32-13-16(11-28-32)15-8-17-18(12-27-21(17)26-10-15)22-30-31-24(36-22)29-20-3-2-14(9-19(20)25)23(34)33-4-6-35-7-5-33/h2-3,8-13,22,30H,4-7H2,1H3,(H,26,27)(H,29,31). The zero-order valence-corrected chi connectivity index (χ0v) is 20.1. The number of hydrogen-bond donors (Lipinski definition) is 3. The SMILES string of the molecule is Cn1cc(-c2cnc3[nH]cc(C4NNC(=Nc5ccc(C(=O)N6CCOCC6)cc5Cl)O4)c3c2)cn1. The summed E-state index contributed by atoms with van der Waals surface area (Å²) in [6.45, 7) is 2.22. The second-order valence-corrected chi connectivity index (χ2v) is 8.93. The molecule has 1 aromatic carbocycles. The Morgan fingerprint density at radius 2 is 2.06 bits per heavy atom. The van der Waals surface area contributed by atoms with Gasteiger partial charge in [-0.05, 0) is 24.3 Å². The lowest BCUT2D eigenvalue weighted by Gasteiger charge is -2.26. The molecule has 0 bridgehead atoms. The van der Waals surface area contributed by atoms with Crippen LogP contribution in [0.2, 0.25) is 5.02 Å². The van der Waals surface area contributed by atoms with Crippen molar-refractivity contribution in [2.24, 2.45) is 12.0 Å². The van der Waals surface area contributed by atoms with Gasteiger partial charge in [0.15, 0.2) is 6.23 Å². The summed E-state index contributed by atoms with van der Waals surface area (Å²) < 4.78 is 13.1. The second kappa shape index (κ2) is 9.26. The van der Waals surface area contributed by atoms with Gasteiger partial charge < -0.3 is 19.4 Å². The maximum Gasteiger partial charge on any atom is 0.306 e. The number of amidine groups is 1. The van der Waals surface area contributed by atoms with E-state index in [2.05, 4.69) is 30.9 Å². The van der Waals surface area contributed by atoms with E-state index in [1.165, 1.54) is 0 Å². The summed E-state index contributed by atoms with van der Waals surface area (Å²) in [7, 11) is 1.88. The van der Waals surface area contributed by atoms with Crippen molar-refractivity contribution in [3.63, 3.8) is 0 Å². The van der Waals surface area contributed by atoms with Gasteiger partial charge in [-0.25, -0.2) is 4.98 Å². The highest BCUT2D eigenvalue weighted by Gasteiger charge is 2.26. The Hall–Kier alpha value is -3.93. The van der Waals surface area contributed by atoms with Crippen LogP contribution in [0.4, 0.5) is 5.69 Å². The lowest BCUT2D eigenvalue weighted by molar-refractivity contribution is 0.0303. The quantitative estimate of drug-likeness (QED) is 0.389. The summed E-state index contributed by atoms with van der Waals surface area (Å²) in [5, 5.41) is 5.51. The summed E-state index contributed by atoms with van der Waals surface area (Å²) in [5.41, 5.74) is 10.6. The van der Waals surface area contributed by atoms with E-state index in [1.807, 2.05) is 31.7 Å². The summed E-state index contributed by atoms with van der Waals surface area (Å²) in [6.07, 6.45) is 6.91. The highest BCUT2D eigenvalue weighted by molar-refractivity contribution is 6.33. The molecule has 0 radical (unpaired) electrons. The number of aromatic amines is 1. The molecule has 5 heterocycles. The van der Waals surface area contributed by atoms with Crippen molar-refractivity contribution < 1.29 is 14.3 Å². The zero-order chi connectivity index (χ0) is 24.6. The number of aromatic nitrogens is 4. The molecule has 1 atom stereocenters. The number of nitrogens with zero attached hydrogens (tertiary/aromatic N) is 5. The van der Waals surface area contributed by atoms with Gasteiger partial charge in [0, 0.05) is 66.4 Å². The van der Waals surface area contributed by atoms with Gasteiger partial charge in [0.2, 0.25) is 0 Å². The Morgan fingerprint density at radius 3 is 2.83 bits per heavy atom. The molecule has 0 spiro atoms. The van der Waals surface area contributed by atoms with Gasteiger partial charge in [-0.3, -0.25) is 14.9 Å². The molecule has 2 aliphatic rings. The van der Waals surface area contributed by atoms with Gasteiger partial charge in [-0.15, -0.1) is 0 Å². The Labute approximate surface area is 211 Å². The lowest BCUT2D eigenvalue weighted by Crippen LogP contribution is -2.40. The Kier molecular flexibility index (Phi) is 5.80. The van der Waals surface area contributed by atoms with Crippen LogP contribution in [0.25, 0.3) is 22.2 Å². The first-order valence-electron chi connectivity index (χ1n) is 11.4. The number of morpholine rings is 1. The number of rotatable bonds is 4. The molecule has 0 saturated carbocycles. The highest BCUT2D eigenvalue weighted by Crippen LogP contribution is 2.31. The molecule has 6 rings (SSSR count). The van der Waals surface area contributed by atoms with E-state index in [1.54, 1.807) is 34.0 Å². The number of H-pyrrole nitrogens is 1. The second-order valence-electron chi connectivity index (χ2n) is 8.52. The smallest absolute Gasteiger partial charge is 0.306 e. The van der Waals surface area contributed by atoms with Crippen LogP contribution in [0, 0.1) is 0 Å². The number of nitrogens with one attached hydrogen (secondary N) is 3. The molecule has 4 aromatic rings. The zero-order valence-electron chi connectivity index (χ0n) is 19.4. The molecule has 12 heteroatoms. The lowest BCUT2D eigenvalue weighted by atomic mass is 10.1. The van der Waals surface area contributed by atoms with Gasteiger partial charge in [0.1, 0.15) is 5.65 Å². The van der Waals surface area contributed by atoms with Gasteiger partial charge >= 0.3 is 6.02 Å². The van der Waals surface area contributed by atoms with Crippen molar-refractivity contribution in [3.05, 3.63) is 65.2 Å². The Balaban J connectivity index is 1.20. The molecular weight excluding hydrogens is 484 g/mol. The van der Waals surface area contributed by atoms with Crippen LogP contribution >= 0.6 is 11.6 Å². The average Bonchev–Trinajstić information content (AvgIpc) is 3.64. The van der Waals surface area contributed by atoms with Gasteiger partial charge in [0.25, 0.3) is 5.91 Å².